The van der Waals surface area contributed by atoms with Gasteiger partial charge in [-0.1, -0.05) is 23.2 Å². The van der Waals surface area contributed by atoms with Gasteiger partial charge in [-0.2, -0.15) is 0 Å². The standard InChI is InChI=1S/C19H17Cl2N3O2/c1-24(2)19(25)15-8-7-14(21)9-16(15)22-11-18-23-10-17(26-18)12-3-5-13(20)6-4-12/h3-10,22H,11H2,1-2H3. The second-order valence-electron chi connectivity index (χ2n) is 5.87. The Bertz CT molecular complexity index is 921. The molecule has 7 heteroatoms. The fourth-order valence-corrected chi connectivity index (χ4v) is 2.70. The van der Waals surface area contributed by atoms with E-state index in [1.54, 1.807) is 50.6 Å². The molecular formula is C19H17Cl2N3O2. The van der Waals surface area contributed by atoms with Gasteiger partial charge in [0.15, 0.2) is 5.76 Å². The van der Waals surface area contributed by atoms with Gasteiger partial charge in [0.05, 0.1) is 18.3 Å². The fourth-order valence-electron chi connectivity index (χ4n) is 2.40. The summed E-state index contributed by atoms with van der Waals surface area (Å²) in [5.41, 5.74) is 2.05. The minimum Gasteiger partial charge on any atom is -0.439 e. The lowest BCUT2D eigenvalue weighted by atomic mass is 10.1. The molecule has 0 radical (unpaired) electrons. The van der Waals surface area contributed by atoms with Crippen molar-refractivity contribution in [2.75, 3.05) is 19.4 Å². The highest BCUT2D eigenvalue weighted by molar-refractivity contribution is 6.31. The number of carbonyl (C=O) groups excluding carboxylic acids is 1. The summed E-state index contributed by atoms with van der Waals surface area (Å²) in [5.74, 6) is 1.03. The van der Waals surface area contributed by atoms with E-state index in [1.165, 1.54) is 4.90 Å². The molecule has 2 aromatic carbocycles. The van der Waals surface area contributed by atoms with Crippen LogP contribution in [-0.4, -0.2) is 29.9 Å². The first-order valence-corrected chi connectivity index (χ1v) is 8.65. The predicted molar refractivity (Wildman–Crippen MR) is 104 cm³/mol. The van der Waals surface area contributed by atoms with Crippen molar-refractivity contribution in [3.05, 3.63) is 70.2 Å². The molecule has 3 rings (SSSR count). The molecule has 0 spiro atoms. The molecule has 0 atom stereocenters. The van der Waals surface area contributed by atoms with Crippen molar-refractivity contribution in [2.24, 2.45) is 0 Å². The zero-order chi connectivity index (χ0) is 18.7. The number of amides is 1. The highest BCUT2D eigenvalue weighted by atomic mass is 35.5. The molecule has 0 saturated heterocycles. The van der Waals surface area contributed by atoms with Crippen molar-refractivity contribution in [1.29, 1.82) is 0 Å². The summed E-state index contributed by atoms with van der Waals surface area (Å²) >= 11 is 12.0. The molecule has 0 unspecified atom stereocenters. The van der Waals surface area contributed by atoms with Crippen LogP contribution in [0.25, 0.3) is 11.3 Å². The van der Waals surface area contributed by atoms with Crippen molar-refractivity contribution >= 4 is 34.8 Å². The maximum Gasteiger partial charge on any atom is 0.255 e. The van der Waals surface area contributed by atoms with E-state index in [9.17, 15) is 4.79 Å². The Morgan fingerprint density at radius 2 is 1.81 bits per heavy atom. The van der Waals surface area contributed by atoms with Gasteiger partial charge in [-0.3, -0.25) is 4.79 Å². The van der Waals surface area contributed by atoms with Gasteiger partial charge in [0.25, 0.3) is 5.91 Å². The third-order valence-corrected chi connectivity index (χ3v) is 4.22. The Labute approximate surface area is 161 Å². The zero-order valence-corrected chi connectivity index (χ0v) is 15.8. The minimum absolute atomic E-state index is 0.113. The monoisotopic (exact) mass is 389 g/mol. The number of anilines is 1. The number of hydrogen-bond acceptors (Lipinski definition) is 4. The summed E-state index contributed by atoms with van der Waals surface area (Å²) in [6.07, 6.45) is 1.66. The van der Waals surface area contributed by atoms with Crippen LogP contribution in [0.2, 0.25) is 10.0 Å². The van der Waals surface area contributed by atoms with Crippen LogP contribution >= 0.6 is 23.2 Å². The molecule has 3 aromatic rings. The molecule has 1 amide bonds. The Morgan fingerprint density at radius 1 is 1.12 bits per heavy atom. The van der Waals surface area contributed by atoms with Gasteiger partial charge in [-0.15, -0.1) is 0 Å². The lowest BCUT2D eigenvalue weighted by Crippen LogP contribution is -2.23. The highest BCUT2D eigenvalue weighted by Gasteiger charge is 2.14. The number of carbonyl (C=O) groups is 1. The van der Waals surface area contributed by atoms with E-state index in [2.05, 4.69) is 10.3 Å². The first kappa shape index (κ1) is 18.3. The fraction of sp³-hybridized carbons (Fsp3) is 0.158. The molecule has 1 heterocycles. The summed E-state index contributed by atoms with van der Waals surface area (Å²) < 4.78 is 5.76. The van der Waals surface area contributed by atoms with E-state index in [0.717, 1.165) is 5.56 Å². The van der Waals surface area contributed by atoms with Gasteiger partial charge >= 0.3 is 0 Å². The quantitative estimate of drug-likeness (QED) is 0.669. The van der Waals surface area contributed by atoms with Crippen LogP contribution in [0.1, 0.15) is 16.2 Å². The Balaban J connectivity index is 1.76. The molecule has 1 aromatic heterocycles. The summed E-state index contributed by atoms with van der Waals surface area (Å²) in [6.45, 7) is 0.321. The Hall–Kier alpha value is -2.50. The van der Waals surface area contributed by atoms with Gasteiger partial charge in [0, 0.05) is 35.4 Å². The smallest absolute Gasteiger partial charge is 0.255 e. The number of nitrogens with zero attached hydrogens (tertiary/aromatic N) is 2. The van der Waals surface area contributed by atoms with Gasteiger partial charge < -0.3 is 14.6 Å². The summed E-state index contributed by atoms with van der Waals surface area (Å²) in [7, 11) is 3.40. The minimum atomic E-state index is -0.113. The highest BCUT2D eigenvalue weighted by Crippen LogP contribution is 2.25. The summed E-state index contributed by atoms with van der Waals surface area (Å²) in [6, 6.07) is 12.4. The van der Waals surface area contributed by atoms with Crippen LogP contribution in [0.15, 0.2) is 53.1 Å². The SMILES string of the molecule is CN(C)C(=O)c1ccc(Cl)cc1NCc1ncc(-c2ccc(Cl)cc2)o1. The molecule has 0 aliphatic heterocycles. The van der Waals surface area contributed by atoms with E-state index in [1.807, 2.05) is 12.1 Å². The Kier molecular flexibility index (Phi) is 5.49. The lowest BCUT2D eigenvalue weighted by Gasteiger charge is -2.15. The predicted octanol–water partition coefficient (Wildman–Crippen LogP) is 4.96. The van der Waals surface area contributed by atoms with E-state index in [-0.39, 0.29) is 5.91 Å². The molecule has 0 saturated carbocycles. The maximum absolute atomic E-state index is 12.3. The molecule has 1 N–H and O–H groups in total. The largest absolute Gasteiger partial charge is 0.439 e. The normalized spacial score (nSPS) is 10.6. The number of oxazole rings is 1. The third kappa shape index (κ3) is 4.18. The van der Waals surface area contributed by atoms with Crippen molar-refractivity contribution in [3.8, 4) is 11.3 Å². The summed E-state index contributed by atoms with van der Waals surface area (Å²) in [5, 5.41) is 4.37. The van der Waals surface area contributed by atoms with E-state index >= 15 is 0 Å². The van der Waals surface area contributed by atoms with Gasteiger partial charge in [0.2, 0.25) is 5.89 Å². The van der Waals surface area contributed by atoms with Crippen molar-refractivity contribution in [3.63, 3.8) is 0 Å². The van der Waals surface area contributed by atoms with Crippen molar-refractivity contribution < 1.29 is 9.21 Å². The number of aromatic nitrogens is 1. The topological polar surface area (TPSA) is 58.4 Å². The van der Waals surface area contributed by atoms with Crippen LogP contribution in [0.5, 0.6) is 0 Å². The van der Waals surface area contributed by atoms with Gasteiger partial charge in [-0.25, -0.2) is 4.98 Å². The molecular weight excluding hydrogens is 373 g/mol. The molecule has 0 aliphatic carbocycles. The molecule has 0 bridgehead atoms. The number of halogens is 2. The maximum atomic E-state index is 12.3. The summed E-state index contributed by atoms with van der Waals surface area (Å²) in [4.78, 5) is 18.1. The second-order valence-corrected chi connectivity index (χ2v) is 6.74. The van der Waals surface area contributed by atoms with E-state index < -0.39 is 0 Å². The van der Waals surface area contributed by atoms with Crippen LogP contribution in [-0.2, 0) is 6.54 Å². The van der Waals surface area contributed by atoms with E-state index in [0.29, 0.717) is 39.5 Å². The lowest BCUT2D eigenvalue weighted by molar-refractivity contribution is 0.0828. The van der Waals surface area contributed by atoms with Crippen LogP contribution in [0.3, 0.4) is 0 Å². The van der Waals surface area contributed by atoms with Gasteiger partial charge in [0.1, 0.15) is 0 Å². The number of nitrogens with one attached hydrogen (secondary N) is 1. The van der Waals surface area contributed by atoms with Crippen LogP contribution < -0.4 is 5.32 Å². The van der Waals surface area contributed by atoms with Gasteiger partial charge in [-0.05, 0) is 42.5 Å². The Morgan fingerprint density at radius 3 is 2.50 bits per heavy atom. The second kappa shape index (κ2) is 7.81. The number of benzene rings is 2. The molecule has 0 fully saturated rings. The van der Waals surface area contributed by atoms with E-state index in [4.69, 9.17) is 27.6 Å². The van der Waals surface area contributed by atoms with Crippen LogP contribution in [0.4, 0.5) is 5.69 Å². The molecule has 0 aliphatic rings. The van der Waals surface area contributed by atoms with Crippen LogP contribution in [0, 0.1) is 0 Å². The molecule has 5 nitrogen and oxygen atoms in total. The molecule has 134 valence electrons. The van der Waals surface area contributed by atoms with Crippen molar-refractivity contribution in [2.45, 2.75) is 6.54 Å². The number of rotatable bonds is 5. The zero-order valence-electron chi connectivity index (χ0n) is 14.3. The first-order valence-electron chi connectivity index (χ1n) is 7.90. The first-order chi connectivity index (χ1) is 12.4. The third-order valence-electron chi connectivity index (χ3n) is 3.73. The molecule has 26 heavy (non-hydrogen) atoms. The average molecular weight is 390 g/mol. The average Bonchev–Trinajstić information content (AvgIpc) is 3.09. The van der Waals surface area contributed by atoms with Crippen molar-refractivity contribution in [1.82, 2.24) is 9.88 Å². The number of hydrogen-bond donors (Lipinski definition) is 1.